The zero-order valence-corrected chi connectivity index (χ0v) is 20.2. The Labute approximate surface area is 211 Å². The molecule has 2 aliphatic heterocycles. The van der Waals surface area contributed by atoms with Gasteiger partial charge in [-0.1, -0.05) is 47.7 Å². The zero-order valence-electron chi connectivity index (χ0n) is 18.6. The van der Waals surface area contributed by atoms with Crippen LogP contribution in [0.1, 0.15) is 28.3 Å². The second-order valence-corrected chi connectivity index (χ2v) is 12.1. The number of rotatable bonds is 2. The van der Waals surface area contributed by atoms with Gasteiger partial charge in [0.1, 0.15) is 0 Å². The molecular weight excluding hydrogens is 509 g/mol. The van der Waals surface area contributed by atoms with Crippen LogP contribution in [-0.4, -0.2) is 22.0 Å². The number of thiazole rings is 1. The highest BCUT2D eigenvalue weighted by Crippen LogP contribution is 2.68. The van der Waals surface area contributed by atoms with E-state index in [4.69, 9.17) is 0 Å². The van der Waals surface area contributed by atoms with Gasteiger partial charge in [-0.05, 0) is 47.9 Å². The number of carbonyl (C=O) groups is 2. The van der Waals surface area contributed by atoms with Gasteiger partial charge < -0.3 is 4.98 Å². The Morgan fingerprint density at radius 2 is 1.64 bits per heavy atom. The van der Waals surface area contributed by atoms with Gasteiger partial charge in [-0.3, -0.25) is 19.3 Å². The van der Waals surface area contributed by atoms with E-state index < -0.39 is 35.4 Å². The van der Waals surface area contributed by atoms with Gasteiger partial charge in [-0.15, -0.1) is 11.8 Å². The van der Waals surface area contributed by atoms with Crippen molar-refractivity contribution < 1.29 is 22.8 Å². The number of hydrogen-bond donors (Lipinski definition) is 1. The van der Waals surface area contributed by atoms with Crippen LogP contribution >= 0.6 is 23.1 Å². The van der Waals surface area contributed by atoms with E-state index >= 15 is 0 Å². The average Bonchev–Trinajstić information content (AvgIpc) is 3.58. The van der Waals surface area contributed by atoms with Gasteiger partial charge in [0.15, 0.2) is 0 Å². The van der Waals surface area contributed by atoms with Crippen molar-refractivity contribution in [2.75, 3.05) is 4.90 Å². The smallest absolute Gasteiger partial charge is 0.307 e. The molecule has 2 bridgehead atoms. The molecular formula is C26H19F3N2O3S2. The van der Waals surface area contributed by atoms with Crippen LogP contribution in [0.15, 0.2) is 64.4 Å². The lowest BCUT2D eigenvalue weighted by Crippen LogP contribution is -2.42. The number of fused-ring (bicyclic) bond motifs is 9. The number of hydrogen-bond acceptors (Lipinski definition) is 5. The Kier molecular flexibility index (Phi) is 4.71. The van der Waals surface area contributed by atoms with Crippen LogP contribution in [0, 0.1) is 29.6 Å². The molecule has 36 heavy (non-hydrogen) atoms. The summed E-state index contributed by atoms with van der Waals surface area (Å²) in [5, 5.41) is 0.869. The SMILES string of the molecule is O=C1[C@@H]2[C@H]3C[C@@H]([C@H]4Sc5[nH]c(=O)sc5[C@@H](c5ccccc5)[C@@H]34)[C@H]2C(=O)N1c1cccc(C(F)(F)F)c1. The number of alkyl halides is 3. The van der Waals surface area contributed by atoms with Gasteiger partial charge >= 0.3 is 11.0 Å². The van der Waals surface area contributed by atoms with Gasteiger partial charge in [0, 0.05) is 16.0 Å². The number of nitrogens with zero attached hydrogens (tertiary/aromatic N) is 1. The predicted molar refractivity (Wildman–Crippen MR) is 129 cm³/mol. The molecule has 1 saturated heterocycles. The van der Waals surface area contributed by atoms with E-state index in [2.05, 4.69) is 4.98 Å². The Morgan fingerprint density at radius 3 is 2.36 bits per heavy atom. The topological polar surface area (TPSA) is 70.2 Å². The largest absolute Gasteiger partial charge is 0.416 e. The first-order chi connectivity index (χ1) is 17.2. The first kappa shape index (κ1) is 22.4. The minimum Gasteiger partial charge on any atom is -0.307 e. The third-order valence-electron chi connectivity index (χ3n) is 8.31. The van der Waals surface area contributed by atoms with Crippen LogP contribution in [0.4, 0.5) is 18.9 Å². The monoisotopic (exact) mass is 528 g/mol. The summed E-state index contributed by atoms with van der Waals surface area (Å²) in [6.45, 7) is 0. The van der Waals surface area contributed by atoms with Crippen molar-refractivity contribution >= 4 is 40.6 Å². The lowest BCUT2D eigenvalue weighted by Gasteiger charge is -2.43. The molecule has 2 aromatic carbocycles. The second-order valence-electron chi connectivity index (χ2n) is 9.93. The molecule has 4 aliphatic rings. The Bertz CT molecular complexity index is 1470. The normalized spacial score (nSPS) is 32.5. The number of imide groups is 1. The highest BCUT2D eigenvalue weighted by molar-refractivity contribution is 8.00. The predicted octanol–water partition coefficient (Wildman–Crippen LogP) is 5.13. The summed E-state index contributed by atoms with van der Waals surface area (Å²) in [5.41, 5.74) is 0.162. The molecule has 7 rings (SSSR count). The van der Waals surface area contributed by atoms with Crippen molar-refractivity contribution in [1.29, 1.82) is 0 Å². The van der Waals surface area contributed by atoms with E-state index in [0.29, 0.717) is 0 Å². The summed E-state index contributed by atoms with van der Waals surface area (Å²) < 4.78 is 40.0. The average molecular weight is 529 g/mol. The van der Waals surface area contributed by atoms with Gasteiger partial charge in [-0.2, -0.15) is 13.2 Å². The summed E-state index contributed by atoms with van der Waals surface area (Å²) in [6.07, 6.45) is -3.84. The maximum absolute atomic E-state index is 13.7. The van der Waals surface area contributed by atoms with Gasteiger partial charge in [0.2, 0.25) is 11.8 Å². The van der Waals surface area contributed by atoms with Crippen LogP contribution in [0.3, 0.4) is 0 Å². The maximum Gasteiger partial charge on any atom is 0.416 e. The third-order valence-corrected chi connectivity index (χ3v) is 10.9. The summed E-state index contributed by atoms with van der Waals surface area (Å²) in [5.74, 6) is -2.09. The summed E-state index contributed by atoms with van der Waals surface area (Å²) in [7, 11) is 0. The summed E-state index contributed by atoms with van der Waals surface area (Å²) >= 11 is 2.79. The number of benzene rings is 2. The van der Waals surface area contributed by atoms with Crippen molar-refractivity contribution in [3.05, 3.63) is 80.3 Å². The Balaban J connectivity index is 1.30. The molecule has 0 unspecified atom stereocenters. The number of nitrogens with one attached hydrogen (secondary N) is 1. The van der Waals surface area contributed by atoms with Crippen LogP contribution in [0.2, 0.25) is 0 Å². The van der Waals surface area contributed by atoms with Gasteiger partial charge in [0.25, 0.3) is 0 Å². The minimum absolute atomic E-state index is 0.0210. The molecule has 0 radical (unpaired) electrons. The Hall–Kier alpha value is -2.85. The highest BCUT2D eigenvalue weighted by Gasteiger charge is 2.69. The number of H-pyrrole nitrogens is 1. The number of thioether (sulfide) groups is 1. The highest BCUT2D eigenvalue weighted by atomic mass is 32.2. The number of aromatic amines is 1. The van der Waals surface area contributed by atoms with E-state index in [1.54, 1.807) is 11.8 Å². The zero-order chi connectivity index (χ0) is 24.9. The first-order valence-electron chi connectivity index (χ1n) is 11.7. The summed E-state index contributed by atoms with van der Waals surface area (Å²) in [6, 6.07) is 14.4. The number of halogens is 3. The number of amides is 2. The molecule has 184 valence electrons. The van der Waals surface area contributed by atoms with E-state index in [1.807, 2.05) is 30.3 Å². The molecule has 5 nitrogen and oxygen atoms in total. The van der Waals surface area contributed by atoms with Crippen LogP contribution in [-0.2, 0) is 15.8 Å². The molecule has 1 aromatic heterocycles. The van der Waals surface area contributed by atoms with E-state index in [0.717, 1.165) is 38.9 Å². The van der Waals surface area contributed by atoms with Crippen molar-refractivity contribution in [3.8, 4) is 0 Å². The molecule has 2 saturated carbocycles. The second kappa shape index (κ2) is 7.58. The molecule has 10 heteroatoms. The quantitative estimate of drug-likeness (QED) is 0.468. The number of anilines is 1. The van der Waals surface area contributed by atoms with Crippen molar-refractivity contribution in [2.24, 2.45) is 29.6 Å². The maximum atomic E-state index is 13.7. The molecule has 3 heterocycles. The van der Waals surface area contributed by atoms with Gasteiger partial charge in [0.05, 0.1) is 28.1 Å². The Morgan fingerprint density at radius 1 is 0.917 bits per heavy atom. The summed E-state index contributed by atoms with van der Waals surface area (Å²) in [4.78, 5) is 44.3. The van der Waals surface area contributed by atoms with E-state index in [-0.39, 0.29) is 39.5 Å². The molecule has 3 aromatic rings. The molecule has 0 spiro atoms. The fraction of sp³-hybridized carbons (Fsp3) is 0.346. The van der Waals surface area contributed by atoms with Crippen LogP contribution in [0.25, 0.3) is 0 Å². The standard InChI is InChI=1S/C26H19F3N2O3S2/c27-26(28,29)12-7-4-8-13(9-12)31-23(32)18-14-10-15(19(18)24(31)33)20-17(14)16(11-5-2-1-3-6-11)21-22(35-20)30-25(34)36-21/h1-9,14-20H,10H2,(H,30,34)/t14-,15+,16-,17+,18+,19+,20+/m0/s1. The van der Waals surface area contributed by atoms with Crippen molar-refractivity contribution in [3.63, 3.8) is 0 Å². The third kappa shape index (κ3) is 3.00. The number of carbonyl (C=O) groups excluding carboxylic acids is 2. The molecule has 7 atom stereocenters. The van der Waals surface area contributed by atoms with Crippen molar-refractivity contribution in [1.82, 2.24) is 4.98 Å². The first-order valence-corrected chi connectivity index (χ1v) is 13.4. The van der Waals surface area contributed by atoms with Crippen LogP contribution in [0.5, 0.6) is 0 Å². The van der Waals surface area contributed by atoms with Crippen LogP contribution < -0.4 is 9.77 Å². The molecule has 1 N–H and O–H groups in total. The molecule has 2 amide bonds. The fourth-order valence-electron chi connectivity index (χ4n) is 7.13. The lowest BCUT2D eigenvalue weighted by molar-refractivity contribution is -0.137. The van der Waals surface area contributed by atoms with E-state index in [1.165, 1.54) is 23.5 Å². The number of aromatic nitrogens is 1. The molecule has 3 fully saturated rings. The van der Waals surface area contributed by atoms with E-state index in [9.17, 15) is 27.6 Å². The fourth-order valence-corrected chi connectivity index (χ4v) is 10.0. The lowest BCUT2D eigenvalue weighted by atomic mass is 9.68. The van der Waals surface area contributed by atoms with Crippen molar-refractivity contribution in [2.45, 2.75) is 28.8 Å². The van der Waals surface area contributed by atoms with Gasteiger partial charge in [-0.25, -0.2) is 0 Å². The molecule has 2 aliphatic carbocycles. The minimum atomic E-state index is -4.57.